The summed E-state index contributed by atoms with van der Waals surface area (Å²) in [6.45, 7) is 1.11. The quantitative estimate of drug-likeness (QED) is 0.729. The van der Waals surface area contributed by atoms with Gasteiger partial charge in [0, 0.05) is 25.1 Å². The fraction of sp³-hybridized carbons (Fsp3) is 0.550. The van der Waals surface area contributed by atoms with E-state index in [2.05, 4.69) is 10.6 Å². The van der Waals surface area contributed by atoms with E-state index in [-0.39, 0.29) is 31.3 Å². The third kappa shape index (κ3) is 4.30. The minimum atomic E-state index is -2.80. The Morgan fingerprint density at radius 2 is 2.03 bits per heavy atom. The summed E-state index contributed by atoms with van der Waals surface area (Å²) < 4.78 is 27.9. The van der Waals surface area contributed by atoms with Crippen LogP contribution in [0, 0.1) is 0 Å². The van der Waals surface area contributed by atoms with Gasteiger partial charge in [0.05, 0.1) is 13.1 Å². The number of benzene rings is 1. The number of hydrogen-bond acceptors (Lipinski definition) is 5. The van der Waals surface area contributed by atoms with Crippen molar-refractivity contribution in [3.63, 3.8) is 0 Å². The number of nitrogens with zero attached hydrogens (tertiary/aromatic N) is 2. The molecule has 3 amide bonds. The fourth-order valence-electron chi connectivity index (χ4n) is 4.25. The van der Waals surface area contributed by atoms with Crippen LogP contribution in [0.3, 0.4) is 0 Å². The Morgan fingerprint density at radius 1 is 1.21 bits per heavy atom. The highest BCUT2D eigenvalue weighted by Gasteiger charge is 2.39. The Labute approximate surface area is 167 Å². The molecule has 0 spiro atoms. The van der Waals surface area contributed by atoms with Gasteiger partial charge in [0.15, 0.2) is 0 Å². The molecule has 4 rings (SSSR count). The molecular formula is C20H24F2N4O3. The first-order valence-electron chi connectivity index (χ1n) is 9.90. The largest absolute Gasteiger partial charge is 0.322 e. The van der Waals surface area contributed by atoms with E-state index in [0.29, 0.717) is 38.2 Å². The van der Waals surface area contributed by atoms with Gasteiger partial charge in [-0.05, 0) is 43.1 Å². The number of carbonyl (C=O) groups excluding carboxylic acids is 3. The van der Waals surface area contributed by atoms with Gasteiger partial charge in [-0.3, -0.25) is 24.6 Å². The van der Waals surface area contributed by atoms with E-state index in [1.807, 2.05) is 12.1 Å². The fourth-order valence-corrected chi connectivity index (χ4v) is 4.25. The van der Waals surface area contributed by atoms with E-state index < -0.39 is 17.9 Å². The zero-order valence-electron chi connectivity index (χ0n) is 16.0. The van der Waals surface area contributed by atoms with E-state index >= 15 is 0 Å². The monoisotopic (exact) mass is 406 g/mol. The lowest BCUT2D eigenvalue weighted by Crippen LogP contribution is -2.52. The number of imide groups is 1. The van der Waals surface area contributed by atoms with Crippen molar-refractivity contribution in [1.82, 2.24) is 20.4 Å². The van der Waals surface area contributed by atoms with E-state index in [4.69, 9.17) is 0 Å². The molecule has 3 aliphatic rings. The van der Waals surface area contributed by atoms with Crippen LogP contribution in [0.4, 0.5) is 8.78 Å². The van der Waals surface area contributed by atoms with Crippen LogP contribution in [0.5, 0.6) is 0 Å². The molecule has 1 unspecified atom stereocenters. The van der Waals surface area contributed by atoms with Gasteiger partial charge in [-0.2, -0.15) is 0 Å². The molecule has 3 heterocycles. The smallest absolute Gasteiger partial charge is 0.272 e. The van der Waals surface area contributed by atoms with Crippen LogP contribution in [-0.4, -0.2) is 65.7 Å². The average molecular weight is 406 g/mol. The number of amides is 3. The molecule has 1 atom stereocenters. The molecule has 0 radical (unpaired) electrons. The summed E-state index contributed by atoms with van der Waals surface area (Å²) in [7, 11) is 0. The minimum absolute atomic E-state index is 0.208. The Bertz CT molecular complexity index is 845. The Hall–Kier alpha value is -2.39. The van der Waals surface area contributed by atoms with Crippen molar-refractivity contribution in [2.45, 2.75) is 44.3 Å². The molecule has 7 nitrogen and oxygen atoms in total. The first-order valence-corrected chi connectivity index (χ1v) is 9.90. The van der Waals surface area contributed by atoms with Crippen molar-refractivity contribution in [1.29, 1.82) is 0 Å². The van der Waals surface area contributed by atoms with Crippen molar-refractivity contribution >= 4 is 17.7 Å². The summed E-state index contributed by atoms with van der Waals surface area (Å²) in [5, 5.41) is 5.05. The second kappa shape index (κ2) is 7.79. The van der Waals surface area contributed by atoms with Gasteiger partial charge in [0.25, 0.3) is 11.8 Å². The van der Waals surface area contributed by atoms with Crippen LogP contribution in [0.15, 0.2) is 18.2 Å². The summed E-state index contributed by atoms with van der Waals surface area (Å²) in [6.07, 6.45) is 1.30. The molecule has 1 aromatic carbocycles. The third-order valence-corrected chi connectivity index (χ3v) is 5.67. The molecule has 1 aromatic rings. The number of rotatable bonds is 3. The van der Waals surface area contributed by atoms with Crippen LogP contribution >= 0.6 is 0 Å². The number of alkyl halides is 2. The molecule has 2 fully saturated rings. The van der Waals surface area contributed by atoms with E-state index in [9.17, 15) is 23.2 Å². The van der Waals surface area contributed by atoms with Crippen LogP contribution < -0.4 is 10.6 Å². The SMILES string of the molecule is O=C1CCC(N2Cc3ccc(CN4CCCNCC(F)(F)C4)cc3C2=O)C(=O)N1. The number of carbonyl (C=O) groups is 3. The first-order chi connectivity index (χ1) is 13.8. The lowest BCUT2D eigenvalue weighted by molar-refractivity contribution is -0.136. The number of nitrogens with one attached hydrogen (secondary N) is 2. The standard InChI is InChI=1S/C20H24F2N4O3/c21-20(22)11-23-6-1-7-25(12-20)9-13-2-3-14-10-26(19(29)15(14)8-13)16-4-5-17(27)24-18(16)28/h2-3,8,16,23H,1,4-7,9-12H2,(H,24,27,28). The van der Waals surface area contributed by atoms with Crippen molar-refractivity contribution in [3.05, 3.63) is 34.9 Å². The number of hydrogen-bond donors (Lipinski definition) is 2. The van der Waals surface area contributed by atoms with Crippen molar-refractivity contribution in [3.8, 4) is 0 Å². The highest BCUT2D eigenvalue weighted by molar-refractivity contribution is 6.05. The maximum absolute atomic E-state index is 14.0. The molecule has 29 heavy (non-hydrogen) atoms. The van der Waals surface area contributed by atoms with Gasteiger partial charge in [-0.1, -0.05) is 12.1 Å². The normalized spacial score (nSPS) is 25.4. The number of halogens is 2. The van der Waals surface area contributed by atoms with Gasteiger partial charge in [-0.15, -0.1) is 0 Å². The lowest BCUT2D eigenvalue weighted by atomic mass is 10.0. The highest BCUT2D eigenvalue weighted by atomic mass is 19.3. The Morgan fingerprint density at radius 3 is 2.83 bits per heavy atom. The molecule has 2 saturated heterocycles. The van der Waals surface area contributed by atoms with Gasteiger partial charge < -0.3 is 10.2 Å². The first kappa shape index (κ1) is 19.9. The molecule has 0 bridgehead atoms. The predicted molar refractivity (Wildman–Crippen MR) is 100 cm³/mol. The zero-order chi connectivity index (χ0) is 20.6. The van der Waals surface area contributed by atoms with Gasteiger partial charge in [0.1, 0.15) is 6.04 Å². The minimum Gasteiger partial charge on any atom is -0.322 e. The van der Waals surface area contributed by atoms with Crippen LogP contribution in [0.2, 0.25) is 0 Å². The summed E-state index contributed by atoms with van der Waals surface area (Å²) in [4.78, 5) is 39.6. The Balaban J connectivity index is 1.47. The predicted octanol–water partition coefficient (Wildman–Crippen LogP) is 0.878. The summed E-state index contributed by atoms with van der Waals surface area (Å²) in [5.74, 6) is -3.81. The van der Waals surface area contributed by atoms with Crippen molar-refractivity contribution < 1.29 is 23.2 Å². The second-order valence-electron chi connectivity index (χ2n) is 7.99. The van der Waals surface area contributed by atoms with Crippen molar-refractivity contribution in [2.75, 3.05) is 26.2 Å². The molecule has 156 valence electrons. The van der Waals surface area contributed by atoms with E-state index in [1.54, 1.807) is 11.0 Å². The maximum Gasteiger partial charge on any atom is 0.272 e. The molecule has 0 aromatic heterocycles. The second-order valence-corrected chi connectivity index (χ2v) is 7.99. The third-order valence-electron chi connectivity index (χ3n) is 5.67. The topological polar surface area (TPSA) is 81.8 Å². The molecule has 3 aliphatic heterocycles. The molecule has 0 saturated carbocycles. The maximum atomic E-state index is 14.0. The number of fused-ring (bicyclic) bond motifs is 1. The van der Waals surface area contributed by atoms with Crippen molar-refractivity contribution in [2.24, 2.45) is 0 Å². The van der Waals surface area contributed by atoms with E-state index in [1.165, 1.54) is 4.90 Å². The summed E-state index contributed by atoms with van der Waals surface area (Å²) >= 11 is 0. The molecular weight excluding hydrogens is 382 g/mol. The number of piperidine rings is 1. The van der Waals surface area contributed by atoms with Crippen LogP contribution in [-0.2, 0) is 22.7 Å². The van der Waals surface area contributed by atoms with Crippen LogP contribution in [0.1, 0.15) is 40.7 Å². The molecule has 2 N–H and O–H groups in total. The average Bonchev–Trinajstić information content (AvgIpc) is 2.96. The van der Waals surface area contributed by atoms with E-state index in [0.717, 1.165) is 17.5 Å². The molecule has 0 aliphatic carbocycles. The van der Waals surface area contributed by atoms with Gasteiger partial charge >= 0.3 is 0 Å². The summed E-state index contributed by atoms with van der Waals surface area (Å²) in [6, 6.07) is 4.78. The van der Waals surface area contributed by atoms with Gasteiger partial charge in [-0.25, -0.2) is 8.78 Å². The summed E-state index contributed by atoms with van der Waals surface area (Å²) in [5.41, 5.74) is 2.12. The molecule has 9 heteroatoms. The van der Waals surface area contributed by atoms with Crippen LogP contribution in [0.25, 0.3) is 0 Å². The lowest BCUT2D eigenvalue weighted by Gasteiger charge is -2.30. The highest BCUT2D eigenvalue weighted by Crippen LogP contribution is 2.29. The zero-order valence-corrected chi connectivity index (χ0v) is 16.0. The Kier molecular flexibility index (Phi) is 5.35. The van der Waals surface area contributed by atoms with Gasteiger partial charge in [0.2, 0.25) is 11.8 Å².